The quantitative estimate of drug-likeness (QED) is 0.562. The van der Waals surface area contributed by atoms with E-state index in [9.17, 15) is 9.59 Å². The predicted octanol–water partition coefficient (Wildman–Crippen LogP) is 4.07. The first-order valence-electron chi connectivity index (χ1n) is 9.80. The molecule has 0 saturated carbocycles. The van der Waals surface area contributed by atoms with Crippen LogP contribution in [0, 0.1) is 0 Å². The Balaban J connectivity index is 1.37. The molecule has 1 aliphatic rings. The molecule has 31 heavy (non-hydrogen) atoms. The fourth-order valence-corrected chi connectivity index (χ4v) is 4.87. The van der Waals surface area contributed by atoms with Crippen molar-refractivity contribution in [3.63, 3.8) is 0 Å². The van der Waals surface area contributed by atoms with Crippen LogP contribution in [-0.4, -0.2) is 43.6 Å². The molecule has 2 N–H and O–H groups in total. The molecule has 3 aromatic rings. The van der Waals surface area contributed by atoms with Crippen LogP contribution in [0.15, 0.2) is 42.5 Å². The van der Waals surface area contributed by atoms with Crippen LogP contribution in [0.3, 0.4) is 0 Å². The van der Waals surface area contributed by atoms with Crippen molar-refractivity contribution in [3.8, 4) is 11.5 Å². The minimum atomic E-state index is -0.484. The summed E-state index contributed by atoms with van der Waals surface area (Å²) in [4.78, 5) is 27.4. The molecule has 2 aromatic carbocycles. The number of nitrogens with one attached hydrogen (secondary N) is 2. The van der Waals surface area contributed by atoms with Crippen molar-refractivity contribution in [2.24, 2.45) is 0 Å². The van der Waals surface area contributed by atoms with Crippen molar-refractivity contribution in [2.45, 2.75) is 19.1 Å². The summed E-state index contributed by atoms with van der Waals surface area (Å²) in [6.45, 7) is 1.02. The van der Waals surface area contributed by atoms with Crippen molar-refractivity contribution in [1.29, 1.82) is 0 Å². The molecular formula is C22H22ClN3O4S. The van der Waals surface area contributed by atoms with Gasteiger partial charge in [0, 0.05) is 22.2 Å². The number of ether oxygens (including phenoxy) is 2. The zero-order valence-electron chi connectivity index (χ0n) is 17.1. The van der Waals surface area contributed by atoms with E-state index in [2.05, 4.69) is 15.8 Å². The standard InChI is InChI=1S/C22H22ClN3O4S/c1-26-11-3-4-18(26)30-14-7-5-13(6-8-14)21(27)24-25-22(28)20-19(23)16-10-9-15(29-2)12-17(16)31-20/h5-10,12,18H,3-4,11H2,1-2H3,(H,24,27)(H,25,28). The minimum Gasteiger partial charge on any atom is -0.497 e. The molecule has 0 spiro atoms. The van der Waals surface area contributed by atoms with Crippen molar-refractivity contribution >= 4 is 44.8 Å². The molecule has 0 bridgehead atoms. The Morgan fingerprint density at radius 3 is 2.48 bits per heavy atom. The lowest BCUT2D eigenvalue weighted by atomic mass is 10.2. The van der Waals surface area contributed by atoms with Crippen molar-refractivity contribution in [3.05, 3.63) is 57.9 Å². The van der Waals surface area contributed by atoms with Gasteiger partial charge >= 0.3 is 0 Å². The van der Waals surface area contributed by atoms with Gasteiger partial charge in [-0.05, 0) is 62.4 Å². The molecule has 7 nitrogen and oxygen atoms in total. The number of thiophene rings is 1. The van der Waals surface area contributed by atoms with E-state index in [1.807, 2.05) is 13.1 Å². The summed E-state index contributed by atoms with van der Waals surface area (Å²) < 4.78 is 12.0. The van der Waals surface area contributed by atoms with Crippen molar-refractivity contribution < 1.29 is 19.1 Å². The van der Waals surface area contributed by atoms with Gasteiger partial charge in [-0.15, -0.1) is 11.3 Å². The maximum absolute atomic E-state index is 12.5. The van der Waals surface area contributed by atoms with Crippen molar-refractivity contribution in [1.82, 2.24) is 15.8 Å². The fourth-order valence-electron chi connectivity index (χ4n) is 3.43. The second-order valence-electron chi connectivity index (χ2n) is 7.24. The van der Waals surface area contributed by atoms with Gasteiger partial charge in [-0.1, -0.05) is 11.6 Å². The number of hydrogen-bond acceptors (Lipinski definition) is 6. The molecule has 4 rings (SSSR count). The first kappa shape index (κ1) is 21.4. The molecule has 2 amide bonds. The van der Waals surface area contributed by atoms with Gasteiger partial charge in [-0.25, -0.2) is 0 Å². The van der Waals surface area contributed by atoms with Crippen LogP contribution in [-0.2, 0) is 0 Å². The Hall–Kier alpha value is -2.81. The van der Waals surface area contributed by atoms with E-state index in [1.165, 1.54) is 11.3 Å². The molecule has 1 aromatic heterocycles. The van der Waals surface area contributed by atoms with E-state index in [0.717, 1.165) is 29.5 Å². The number of halogens is 1. The molecule has 1 atom stereocenters. The summed E-state index contributed by atoms with van der Waals surface area (Å²) in [7, 11) is 3.60. The van der Waals surface area contributed by atoms with Crippen LogP contribution in [0.4, 0.5) is 0 Å². The van der Waals surface area contributed by atoms with E-state index < -0.39 is 11.8 Å². The molecule has 1 unspecified atom stereocenters. The third kappa shape index (κ3) is 4.61. The average Bonchev–Trinajstić information content (AvgIpc) is 3.34. The number of benzene rings is 2. The van der Waals surface area contributed by atoms with Gasteiger partial charge in [-0.2, -0.15) is 0 Å². The summed E-state index contributed by atoms with van der Waals surface area (Å²) in [5.41, 5.74) is 5.25. The first-order chi connectivity index (χ1) is 15.0. The molecule has 9 heteroatoms. The molecule has 0 radical (unpaired) electrons. The van der Waals surface area contributed by atoms with Gasteiger partial charge in [0.1, 0.15) is 16.4 Å². The maximum Gasteiger partial charge on any atom is 0.281 e. The average molecular weight is 460 g/mol. The van der Waals surface area contributed by atoms with E-state index in [-0.39, 0.29) is 6.23 Å². The highest BCUT2D eigenvalue weighted by atomic mass is 35.5. The number of carbonyl (C=O) groups is 2. The number of methoxy groups -OCH3 is 1. The number of rotatable bonds is 5. The predicted molar refractivity (Wildman–Crippen MR) is 121 cm³/mol. The highest BCUT2D eigenvalue weighted by molar-refractivity contribution is 7.21. The third-order valence-corrected chi connectivity index (χ3v) is 6.83. The topological polar surface area (TPSA) is 79.9 Å². The summed E-state index contributed by atoms with van der Waals surface area (Å²) in [5.74, 6) is 0.462. The molecule has 1 saturated heterocycles. The fraction of sp³-hybridized carbons (Fsp3) is 0.273. The van der Waals surface area contributed by atoms with Gasteiger partial charge in [-0.3, -0.25) is 25.3 Å². The van der Waals surface area contributed by atoms with Crippen LogP contribution in [0.25, 0.3) is 10.1 Å². The minimum absolute atomic E-state index is 0.0602. The Bertz CT molecular complexity index is 1120. The lowest BCUT2D eigenvalue weighted by Gasteiger charge is -2.20. The smallest absolute Gasteiger partial charge is 0.281 e. The number of fused-ring (bicyclic) bond motifs is 1. The molecule has 2 heterocycles. The Kier molecular flexibility index (Phi) is 6.31. The molecule has 162 valence electrons. The normalized spacial score (nSPS) is 16.3. The largest absolute Gasteiger partial charge is 0.497 e. The Morgan fingerprint density at radius 2 is 1.81 bits per heavy atom. The number of amides is 2. The summed E-state index contributed by atoms with van der Waals surface area (Å²) >= 11 is 7.59. The number of nitrogens with zero attached hydrogens (tertiary/aromatic N) is 1. The second-order valence-corrected chi connectivity index (χ2v) is 8.67. The molecule has 1 aliphatic heterocycles. The monoisotopic (exact) mass is 459 g/mol. The summed E-state index contributed by atoms with van der Waals surface area (Å²) in [6.07, 6.45) is 2.15. The number of hydrogen-bond donors (Lipinski definition) is 2. The van der Waals surface area contributed by atoms with Gasteiger partial charge in [0.15, 0.2) is 6.23 Å². The molecule has 1 fully saturated rings. The van der Waals surface area contributed by atoms with E-state index in [1.54, 1.807) is 43.5 Å². The Labute approximate surface area is 188 Å². The zero-order chi connectivity index (χ0) is 22.0. The molecule has 0 aliphatic carbocycles. The van der Waals surface area contributed by atoms with Crippen LogP contribution >= 0.6 is 22.9 Å². The van der Waals surface area contributed by atoms with Gasteiger partial charge in [0.25, 0.3) is 11.8 Å². The van der Waals surface area contributed by atoms with Crippen LogP contribution in [0.5, 0.6) is 11.5 Å². The summed E-state index contributed by atoms with van der Waals surface area (Å²) in [6, 6.07) is 12.2. The van der Waals surface area contributed by atoms with E-state index >= 15 is 0 Å². The number of likely N-dealkylation sites (tertiary alicyclic amines) is 1. The van der Waals surface area contributed by atoms with Crippen LogP contribution in [0.1, 0.15) is 32.9 Å². The molecular weight excluding hydrogens is 438 g/mol. The van der Waals surface area contributed by atoms with Gasteiger partial charge in [0.05, 0.1) is 12.1 Å². The third-order valence-electron chi connectivity index (χ3n) is 5.17. The second kappa shape index (κ2) is 9.13. The van der Waals surface area contributed by atoms with Crippen LogP contribution < -0.4 is 20.3 Å². The van der Waals surface area contributed by atoms with Gasteiger partial charge < -0.3 is 9.47 Å². The first-order valence-corrected chi connectivity index (χ1v) is 11.0. The van der Waals surface area contributed by atoms with E-state index in [0.29, 0.717) is 27.0 Å². The highest BCUT2D eigenvalue weighted by Crippen LogP contribution is 2.37. The van der Waals surface area contributed by atoms with E-state index in [4.69, 9.17) is 21.1 Å². The van der Waals surface area contributed by atoms with Crippen LogP contribution in [0.2, 0.25) is 5.02 Å². The van der Waals surface area contributed by atoms with Gasteiger partial charge in [0.2, 0.25) is 0 Å². The number of carbonyl (C=O) groups excluding carboxylic acids is 2. The lowest BCUT2D eigenvalue weighted by Crippen LogP contribution is -2.41. The maximum atomic E-state index is 12.5. The summed E-state index contributed by atoms with van der Waals surface area (Å²) in [5, 5.41) is 1.10. The van der Waals surface area contributed by atoms with Crippen molar-refractivity contribution in [2.75, 3.05) is 20.7 Å². The lowest BCUT2D eigenvalue weighted by molar-refractivity contribution is 0.0810. The SMILES string of the molecule is COc1ccc2c(Cl)c(C(=O)NNC(=O)c3ccc(OC4CCCN4C)cc3)sc2c1. The number of hydrazine groups is 1. The zero-order valence-corrected chi connectivity index (χ0v) is 18.7. The highest BCUT2D eigenvalue weighted by Gasteiger charge is 2.22. The Morgan fingerprint density at radius 1 is 1.10 bits per heavy atom.